The third kappa shape index (κ3) is 5.47. The molecule has 0 fully saturated rings. The predicted octanol–water partition coefficient (Wildman–Crippen LogP) is 2.49. The van der Waals surface area contributed by atoms with E-state index in [0.29, 0.717) is 12.6 Å². The van der Waals surface area contributed by atoms with E-state index >= 15 is 0 Å². The van der Waals surface area contributed by atoms with Gasteiger partial charge in [0.1, 0.15) is 17.7 Å². The molecule has 0 saturated carbocycles. The van der Waals surface area contributed by atoms with Gasteiger partial charge in [-0.25, -0.2) is 14.7 Å². The molecule has 2 aromatic rings. The SMILES string of the molecule is CCNC(=NCC(C)Oc1ccc(C)cc1)NC1CCc2nc(CC)nn2C1. The molecule has 1 aromatic heterocycles. The summed E-state index contributed by atoms with van der Waals surface area (Å²) in [5.74, 6) is 3.73. The van der Waals surface area contributed by atoms with Crippen molar-refractivity contribution in [1.82, 2.24) is 25.4 Å². The number of nitrogens with one attached hydrogen (secondary N) is 2. The zero-order chi connectivity index (χ0) is 19.9. The Morgan fingerprint density at radius 3 is 2.82 bits per heavy atom. The molecule has 0 saturated heterocycles. The minimum absolute atomic E-state index is 0.00134. The summed E-state index contributed by atoms with van der Waals surface area (Å²) >= 11 is 0. The van der Waals surface area contributed by atoms with Crippen LogP contribution in [0, 0.1) is 6.92 Å². The lowest BCUT2D eigenvalue weighted by Gasteiger charge is -2.25. The Kier molecular flexibility index (Phi) is 6.90. The summed E-state index contributed by atoms with van der Waals surface area (Å²) in [6.07, 6.45) is 2.85. The van der Waals surface area contributed by atoms with E-state index in [1.807, 2.05) is 23.7 Å². The van der Waals surface area contributed by atoms with Gasteiger partial charge >= 0.3 is 0 Å². The Morgan fingerprint density at radius 1 is 1.32 bits per heavy atom. The average Bonchev–Trinajstić information content (AvgIpc) is 3.10. The van der Waals surface area contributed by atoms with Crippen LogP contribution in [0.15, 0.2) is 29.3 Å². The normalized spacial score (nSPS) is 17.7. The molecular formula is C21H32N6O. The highest BCUT2D eigenvalue weighted by atomic mass is 16.5. The molecule has 7 heteroatoms. The first-order valence-corrected chi connectivity index (χ1v) is 10.3. The van der Waals surface area contributed by atoms with E-state index in [-0.39, 0.29) is 6.10 Å². The van der Waals surface area contributed by atoms with Gasteiger partial charge in [0.25, 0.3) is 0 Å². The highest BCUT2D eigenvalue weighted by molar-refractivity contribution is 5.80. The van der Waals surface area contributed by atoms with Crippen molar-refractivity contribution in [3.05, 3.63) is 41.5 Å². The van der Waals surface area contributed by atoms with E-state index < -0.39 is 0 Å². The lowest BCUT2D eigenvalue weighted by atomic mass is 10.1. The number of fused-ring (bicyclic) bond motifs is 1. The first kappa shape index (κ1) is 20.2. The van der Waals surface area contributed by atoms with E-state index in [1.165, 1.54) is 5.56 Å². The molecule has 1 aliphatic heterocycles. The van der Waals surface area contributed by atoms with Crippen LogP contribution >= 0.6 is 0 Å². The van der Waals surface area contributed by atoms with Crippen LogP contribution in [0.3, 0.4) is 0 Å². The fraction of sp³-hybridized carbons (Fsp3) is 0.571. The van der Waals surface area contributed by atoms with Gasteiger partial charge in [-0.05, 0) is 39.3 Å². The average molecular weight is 385 g/mol. The number of rotatable bonds is 7. The van der Waals surface area contributed by atoms with Gasteiger partial charge in [-0.15, -0.1) is 0 Å². The Labute approximate surface area is 167 Å². The van der Waals surface area contributed by atoms with Crippen LogP contribution in [0.1, 0.15) is 44.4 Å². The predicted molar refractivity (Wildman–Crippen MR) is 112 cm³/mol. The van der Waals surface area contributed by atoms with Crippen LogP contribution in [0.4, 0.5) is 0 Å². The van der Waals surface area contributed by atoms with Gasteiger partial charge < -0.3 is 15.4 Å². The zero-order valence-electron chi connectivity index (χ0n) is 17.4. The van der Waals surface area contributed by atoms with Gasteiger partial charge in [-0.1, -0.05) is 24.6 Å². The molecule has 2 heterocycles. The second kappa shape index (κ2) is 9.57. The first-order chi connectivity index (χ1) is 13.6. The molecule has 0 aliphatic carbocycles. The van der Waals surface area contributed by atoms with Gasteiger partial charge in [0, 0.05) is 25.4 Å². The number of aliphatic imine (C=N–C) groups is 1. The second-order valence-electron chi connectivity index (χ2n) is 7.32. The molecule has 1 aliphatic rings. The molecule has 0 spiro atoms. The van der Waals surface area contributed by atoms with Gasteiger partial charge in [-0.2, -0.15) is 5.10 Å². The minimum Gasteiger partial charge on any atom is -0.489 e. The quantitative estimate of drug-likeness (QED) is 0.567. The van der Waals surface area contributed by atoms with Crippen molar-refractivity contribution < 1.29 is 4.74 Å². The lowest BCUT2D eigenvalue weighted by molar-refractivity contribution is 0.230. The van der Waals surface area contributed by atoms with Crippen molar-refractivity contribution in [3.8, 4) is 5.75 Å². The van der Waals surface area contributed by atoms with Crippen LogP contribution in [0.2, 0.25) is 0 Å². The molecule has 0 amide bonds. The molecule has 152 valence electrons. The van der Waals surface area contributed by atoms with Gasteiger partial charge in [0.15, 0.2) is 11.8 Å². The minimum atomic E-state index is -0.00134. The fourth-order valence-corrected chi connectivity index (χ4v) is 3.25. The van der Waals surface area contributed by atoms with Gasteiger partial charge in [0.2, 0.25) is 0 Å². The zero-order valence-corrected chi connectivity index (χ0v) is 17.4. The van der Waals surface area contributed by atoms with Crippen molar-refractivity contribution in [2.45, 2.75) is 65.6 Å². The smallest absolute Gasteiger partial charge is 0.191 e. The maximum Gasteiger partial charge on any atom is 0.191 e. The Balaban J connectivity index is 1.55. The van der Waals surface area contributed by atoms with E-state index in [9.17, 15) is 0 Å². The number of benzene rings is 1. The Morgan fingerprint density at radius 2 is 2.11 bits per heavy atom. The molecule has 3 rings (SSSR count). The number of hydrogen-bond acceptors (Lipinski definition) is 4. The van der Waals surface area contributed by atoms with E-state index in [4.69, 9.17) is 9.73 Å². The molecule has 2 atom stereocenters. The standard InChI is InChI=1S/C21H32N6O/c1-5-19-25-20-12-9-17(14-27(20)26-19)24-21(22-6-2)23-13-16(4)28-18-10-7-15(3)8-11-18/h7-8,10-11,16-17H,5-6,9,12-14H2,1-4H3,(H2,22,23,24). The molecule has 0 radical (unpaired) electrons. The number of ether oxygens (including phenoxy) is 1. The Bertz CT molecular complexity index is 783. The van der Waals surface area contributed by atoms with Crippen molar-refractivity contribution >= 4 is 5.96 Å². The number of aromatic nitrogens is 3. The molecule has 28 heavy (non-hydrogen) atoms. The number of nitrogens with zero attached hydrogens (tertiary/aromatic N) is 4. The highest BCUT2D eigenvalue weighted by Crippen LogP contribution is 2.14. The van der Waals surface area contributed by atoms with Crippen LogP contribution in [-0.2, 0) is 19.4 Å². The van der Waals surface area contributed by atoms with Crippen molar-refractivity contribution in [2.75, 3.05) is 13.1 Å². The van der Waals surface area contributed by atoms with Gasteiger partial charge in [0.05, 0.1) is 13.1 Å². The van der Waals surface area contributed by atoms with E-state index in [0.717, 1.165) is 55.7 Å². The summed E-state index contributed by atoms with van der Waals surface area (Å²) in [6.45, 7) is 10.5. The topological polar surface area (TPSA) is 76.4 Å². The summed E-state index contributed by atoms with van der Waals surface area (Å²) in [4.78, 5) is 9.31. The Hall–Kier alpha value is -2.57. The monoisotopic (exact) mass is 384 g/mol. The number of aryl methyl sites for hydroxylation is 3. The van der Waals surface area contributed by atoms with Crippen LogP contribution in [0.25, 0.3) is 0 Å². The molecular weight excluding hydrogens is 352 g/mol. The first-order valence-electron chi connectivity index (χ1n) is 10.3. The van der Waals surface area contributed by atoms with Crippen molar-refractivity contribution in [1.29, 1.82) is 0 Å². The van der Waals surface area contributed by atoms with Crippen molar-refractivity contribution in [2.24, 2.45) is 4.99 Å². The summed E-state index contributed by atoms with van der Waals surface area (Å²) in [5.41, 5.74) is 1.23. The van der Waals surface area contributed by atoms with Crippen LogP contribution < -0.4 is 15.4 Å². The third-order valence-corrected chi connectivity index (χ3v) is 4.77. The maximum absolute atomic E-state index is 5.96. The van der Waals surface area contributed by atoms with E-state index in [2.05, 4.69) is 53.6 Å². The van der Waals surface area contributed by atoms with E-state index in [1.54, 1.807) is 0 Å². The molecule has 0 bridgehead atoms. The lowest BCUT2D eigenvalue weighted by Crippen LogP contribution is -2.47. The van der Waals surface area contributed by atoms with Crippen LogP contribution in [0.5, 0.6) is 5.75 Å². The summed E-state index contributed by atoms with van der Waals surface area (Å²) in [6, 6.07) is 8.41. The van der Waals surface area contributed by atoms with Gasteiger partial charge in [-0.3, -0.25) is 0 Å². The molecule has 2 unspecified atom stereocenters. The summed E-state index contributed by atoms with van der Waals surface area (Å²) < 4.78 is 8.00. The third-order valence-electron chi connectivity index (χ3n) is 4.77. The van der Waals surface area contributed by atoms with Crippen LogP contribution in [-0.4, -0.2) is 46.0 Å². The summed E-state index contributed by atoms with van der Waals surface area (Å²) in [5, 5.41) is 11.5. The largest absolute Gasteiger partial charge is 0.489 e. The number of hydrogen-bond donors (Lipinski definition) is 2. The second-order valence-corrected chi connectivity index (χ2v) is 7.32. The molecule has 1 aromatic carbocycles. The van der Waals surface area contributed by atoms with Crippen molar-refractivity contribution in [3.63, 3.8) is 0 Å². The fourth-order valence-electron chi connectivity index (χ4n) is 3.25. The highest BCUT2D eigenvalue weighted by Gasteiger charge is 2.22. The maximum atomic E-state index is 5.96. The summed E-state index contributed by atoms with van der Waals surface area (Å²) in [7, 11) is 0. The molecule has 2 N–H and O–H groups in total. The number of guanidine groups is 1. The molecule has 7 nitrogen and oxygen atoms in total.